The summed E-state index contributed by atoms with van der Waals surface area (Å²) >= 11 is 3.29. The van der Waals surface area contributed by atoms with Gasteiger partial charge in [-0.2, -0.15) is 0 Å². The van der Waals surface area contributed by atoms with Gasteiger partial charge >= 0.3 is 0 Å². The van der Waals surface area contributed by atoms with Crippen LogP contribution in [0, 0.1) is 12.8 Å². The predicted molar refractivity (Wildman–Crippen MR) is 94.8 cm³/mol. The molecular weight excluding hydrogens is 378 g/mol. The minimum atomic E-state index is -3.61. The van der Waals surface area contributed by atoms with Crippen LogP contribution in [0.25, 0.3) is 0 Å². The number of halogens is 1. The van der Waals surface area contributed by atoms with Crippen molar-refractivity contribution in [2.24, 2.45) is 5.92 Å². The highest BCUT2D eigenvalue weighted by Crippen LogP contribution is 2.23. The van der Waals surface area contributed by atoms with Crippen molar-refractivity contribution in [3.8, 4) is 0 Å². The molecule has 2 N–H and O–H groups in total. The fourth-order valence-electron chi connectivity index (χ4n) is 2.28. The van der Waals surface area contributed by atoms with Crippen LogP contribution in [0.5, 0.6) is 0 Å². The largest absolute Gasteiger partial charge is 0.396 e. The van der Waals surface area contributed by atoms with Crippen molar-refractivity contribution in [3.63, 3.8) is 0 Å². The Bertz CT molecular complexity index is 748. The summed E-state index contributed by atoms with van der Waals surface area (Å²) in [4.78, 5) is 0.208. The Labute approximate surface area is 145 Å². The van der Waals surface area contributed by atoms with E-state index in [9.17, 15) is 13.5 Å². The molecule has 6 heteroatoms. The van der Waals surface area contributed by atoms with Gasteiger partial charge in [-0.25, -0.2) is 13.1 Å². The van der Waals surface area contributed by atoms with Crippen molar-refractivity contribution in [2.75, 3.05) is 13.2 Å². The number of aliphatic hydroxyl groups excluding tert-OH is 1. The molecular formula is C17H20BrNO3S. The van der Waals surface area contributed by atoms with E-state index in [1.165, 1.54) is 0 Å². The van der Waals surface area contributed by atoms with E-state index in [1.807, 2.05) is 37.3 Å². The molecule has 0 spiro atoms. The van der Waals surface area contributed by atoms with E-state index in [0.29, 0.717) is 10.9 Å². The van der Waals surface area contributed by atoms with Gasteiger partial charge in [-0.3, -0.25) is 0 Å². The van der Waals surface area contributed by atoms with Crippen LogP contribution < -0.4 is 4.72 Å². The normalized spacial score (nSPS) is 13.0. The van der Waals surface area contributed by atoms with Gasteiger partial charge in [0.15, 0.2) is 0 Å². The topological polar surface area (TPSA) is 66.4 Å². The zero-order valence-electron chi connectivity index (χ0n) is 12.9. The van der Waals surface area contributed by atoms with E-state index in [-0.39, 0.29) is 24.0 Å². The molecule has 4 nitrogen and oxygen atoms in total. The van der Waals surface area contributed by atoms with Gasteiger partial charge in [0.1, 0.15) is 0 Å². The highest BCUT2D eigenvalue weighted by molar-refractivity contribution is 9.10. The zero-order chi connectivity index (χ0) is 16.9. The SMILES string of the molecule is Cc1ccc(S(=O)(=O)NC[C@H](CO)Cc2ccccc2)c(Br)c1. The maximum Gasteiger partial charge on any atom is 0.241 e. The number of nitrogens with one attached hydrogen (secondary N) is 1. The molecule has 0 heterocycles. The van der Waals surface area contributed by atoms with Crippen molar-refractivity contribution in [3.05, 3.63) is 64.1 Å². The van der Waals surface area contributed by atoms with Gasteiger partial charge in [0.05, 0.1) is 4.90 Å². The number of benzene rings is 2. The van der Waals surface area contributed by atoms with Crippen LogP contribution in [-0.2, 0) is 16.4 Å². The Hall–Kier alpha value is -1.21. The molecule has 0 unspecified atom stereocenters. The monoisotopic (exact) mass is 397 g/mol. The minimum Gasteiger partial charge on any atom is -0.396 e. The zero-order valence-corrected chi connectivity index (χ0v) is 15.3. The lowest BCUT2D eigenvalue weighted by atomic mass is 10.0. The Morgan fingerprint density at radius 2 is 1.87 bits per heavy atom. The van der Waals surface area contributed by atoms with Crippen LogP contribution in [-0.4, -0.2) is 26.7 Å². The Balaban J connectivity index is 2.05. The molecule has 0 bridgehead atoms. The quantitative estimate of drug-likeness (QED) is 0.754. The van der Waals surface area contributed by atoms with E-state index in [1.54, 1.807) is 18.2 Å². The van der Waals surface area contributed by atoms with Crippen LogP contribution >= 0.6 is 15.9 Å². The fourth-order valence-corrected chi connectivity index (χ4v) is 4.58. The summed E-state index contributed by atoms with van der Waals surface area (Å²) < 4.78 is 28.0. The van der Waals surface area contributed by atoms with Crippen molar-refractivity contribution >= 4 is 26.0 Å². The van der Waals surface area contributed by atoms with Crippen molar-refractivity contribution < 1.29 is 13.5 Å². The molecule has 0 aliphatic carbocycles. The third-order valence-corrected chi connectivity index (χ3v) is 5.96. The third-order valence-electron chi connectivity index (χ3n) is 3.56. The molecule has 0 aliphatic rings. The Morgan fingerprint density at radius 3 is 2.48 bits per heavy atom. The fraction of sp³-hybridized carbons (Fsp3) is 0.294. The molecule has 124 valence electrons. The summed E-state index contributed by atoms with van der Waals surface area (Å²) in [5, 5.41) is 9.50. The summed E-state index contributed by atoms with van der Waals surface area (Å²) in [6.45, 7) is 2.01. The van der Waals surface area contributed by atoms with Crippen molar-refractivity contribution in [1.29, 1.82) is 0 Å². The minimum absolute atomic E-state index is 0.0769. The molecule has 0 saturated heterocycles. The second kappa shape index (κ2) is 8.06. The molecule has 0 amide bonds. The maximum absolute atomic E-state index is 12.4. The summed E-state index contributed by atoms with van der Waals surface area (Å²) in [6.07, 6.45) is 0.620. The molecule has 2 aromatic rings. The highest BCUT2D eigenvalue weighted by atomic mass is 79.9. The van der Waals surface area contributed by atoms with Crippen molar-refractivity contribution in [2.45, 2.75) is 18.2 Å². The van der Waals surface area contributed by atoms with Crippen LogP contribution in [0.4, 0.5) is 0 Å². The maximum atomic E-state index is 12.4. The van der Waals surface area contributed by atoms with Gasteiger partial charge in [0, 0.05) is 17.6 Å². The molecule has 0 aromatic heterocycles. The first-order valence-electron chi connectivity index (χ1n) is 7.33. The number of hydrogen-bond acceptors (Lipinski definition) is 3. The molecule has 0 fully saturated rings. The molecule has 23 heavy (non-hydrogen) atoms. The first-order valence-corrected chi connectivity index (χ1v) is 9.60. The van der Waals surface area contributed by atoms with Gasteiger partial charge in [-0.15, -0.1) is 0 Å². The van der Waals surface area contributed by atoms with E-state index in [4.69, 9.17) is 0 Å². The lowest BCUT2D eigenvalue weighted by molar-refractivity contribution is 0.227. The van der Waals surface area contributed by atoms with Crippen LogP contribution in [0.2, 0.25) is 0 Å². The first kappa shape index (κ1) is 18.1. The lowest BCUT2D eigenvalue weighted by Crippen LogP contribution is -2.32. The standard InChI is InChI=1S/C17H20BrNO3S/c1-13-7-8-17(16(18)9-13)23(21,22)19-11-15(12-20)10-14-5-3-2-4-6-14/h2-9,15,19-20H,10-12H2,1H3/t15-/m1/s1. The van der Waals surface area contributed by atoms with Gasteiger partial charge in [0.25, 0.3) is 0 Å². The third kappa shape index (κ3) is 5.14. The van der Waals surface area contributed by atoms with E-state index < -0.39 is 10.0 Å². The molecule has 2 aromatic carbocycles. The summed E-state index contributed by atoms with van der Waals surface area (Å²) in [7, 11) is -3.61. The molecule has 0 aliphatic heterocycles. The number of hydrogen-bond donors (Lipinski definition) is 2. The smallest absolute Gasteiger partial charge is 0.241 e. The average Bonchev–Trinajstić information content (AvgIpc) is 2.52. The summed E-state index contributed by atoms with van der Waals surface area (Å²) in [6, 6.07) is 14.8. The van der Waals surface area contributed by atoms with Gasteiger partial charge in [-0.1, -0.05) is 36.4 Å². The van der Waals surface area contributed by atoms with E-state index in [2.05, 4.69) is 20.7 Å². The number of sulfonamides is 1. The Morgan fingerprint density at radius 1 is 1.17 bits per heavy atom. The van der Waals surface area contributed by atoms with E-state index in [0.717, 1.165) is 11.1 Å². The lowest BCUT2D eigenvalue weighted by Gasteiger charge is -2.16. The van der Waals surface area contributed by atoms with Crippen LogP contribution in [0.15, 0.2) is 57.9 Å². The van der Waals surface area contributed by atoms with Gasteiger partial charge in [-0.05, 0) is 58.5 Å². The average molecular weight is 398 g/mol. The van der Waals surface area contributed by atoms with Gasteiger partial charge < -0.3 is 5.11 Å². The molecule has 0 radical (unpaired) electrons. The number of aryl methyl sites for hydroxylation is 1. The Kier molecular flexibility index (Phi) is 6.35. The summed E-state index contributed by atoms with van der Waals surface area (Å²) in [5.41, 5.74) is 2.05. The highest BCUT2D eigenvalue weighted by Gasteiger charge is 2.19. The molecule has 2 rings (SSSR count). The van der Waals surface area contributed by atoms with Crippen LogP contribution in [0.1, 0.15) is 11.1 Å². The van der Waals surface area contributed by atoms with Crippen molar-refractivity contribution in [1.82, 2.24) is 4.72 Å². The van der Waals surface area contributed by atoms with E-state index >= 15 is 0 Å². The number of aliphatic hydroxyl groups is 1. The van der Waals surface area contributed by atoms with Gasteiger partial charge in [0.2, 0.25) is 10.0 Å². The molecule has 1 atom stereocenters. The predicted octanol–water partition coefficient (Wildman–Crippen LogP) is 2.89. The second-order valence-corrected chi connectivity index (χ2v) is 8.11. The summed E-state index contributed by atoms with van der Waals surface area (Å²) in [5.74, 6) is -0.170. The molecule has 0 saturated carbocycles. The number of rotatable bonds is 7. The second-order valence-electron chi connectivity index (χ2n) is 5.52. The first-order chi connectivity index (χ1) is 10.9. The van der Waals surface area contributed by atoms with Crippen LogP contribution in [0.3, 0.4) is 0 Å².